The molecule has 12 aromatic carbocycles. The fraction of sp³-hybridized carbons (Fsp3) is 0.158. The summed E-state index contributed by atoms with van der Waals surface area (Å²) < 4.78 is 1.33. The summed E-state index contributed by atoms with van der Waals surface area (Å²) in [6, 6.07) is 78.9. The van der Waals surface area contributed by atoms with Crippen LogP contribution in [0.2, 0.25) is 0 Å². The maximum atomic E-state index is 8.94. The van der Waals surface area contributed by atoms with Gasteiger partial charge in [0.15, 0.2) is 0 Å². The zero-order valence-electron chi connectivity index (χ0n) is 45.1. The van der Waals surface area contributed by atoms with Gasteiger partial charge in [-0.05, 0) is 250 Å². The second kappa shape index (κ2) is 21.7. The van der Waals surface area contributed by atoms with Crippen molar-refractivity contribution in [2.24, 2.45) is 0 Å². The topological polar surface area (TPSA) is 40.5 Å². The molecule has 0 saturated carbocycles. The third-order valence-electron chi connectivity index (χ3n) is 17.7. The minimum atomic E-state index is -1.38. The molecule has 0 heterocycles. The van der Waals surface area contributed by atoms with E-state index in [0.717, 1.165) is 10.8 Å². The Morgan fingerprint density at radius 3 is 1.11 bits per heavy atom. The Kier molecular flexibility index (Phi) is 13.6. The summed E-state index contributed by atoms with van der Waals surface area (Å²) in [5, 5.41) is 28.9. The molecule has 12 aromatic rings. The molecule has 388 valence electrons. The second-order valence-corrected chi connectivity index (χ2v) is 23.4. The molecule has 16 rings (SSSR count). The van der Waals surface area contributed by atoms with Gasteiger partial charge in [0.2, 0.25) is 0 Å². The van der Waals surface area contributed by atoms with Gasteiger partial charge >= 0.3 is 7.12 Å². The van der Waals surface area contributed by atoms with E-state index in [9.17, 15) is 0 Å². The molecule has 80 heavy (non-hydrogen) atoms. The van der Waals surface area contributed by atoms with Gasteiger partial charge in [-0.2, -0.15) is 0 Å². The van der Waals surface area contributed by atoms with Crippen molar-refractivity contribution in [2.45, 2.75) is 77.0 Å². The molecule has 4 aliphatic carbocycles. The van der Waals surface area contributed by atoms with Crippen LogP contribution in [0.25, 0.3) is 98.7 Å². The molecule has 2 nitrogen and oxygen atoms in total. The van der Waals surface area contributed by atoms with Crippen molar-refractivity contribution in [3.05, 3.63) is 267 Å². The Labute approximate surface area is 478 Å². The van der Waals surface area contributed by atoms with E-state index in [-0.39, 0.29) is 0 Å². The summed E-state index contributed by atoms with van der Waals surface area (Å²) in [7, 11) is -1.38. The predicted octanol–water partition coefficient (Wildman–Crippen LogP) is 18.4. The van der Waals surface area contributed by atoms with Gasteiger partial charge in [0.1, 0.15) is 0 Å². The summed E-state index contributed by atoms with van der Waals surface area (Å²) in [5.41, 5.74) is 26.6. The molecule has 0 aliphatic heterocycles. The minimum absolute atomic E-state index is 0.527. The van der Waals surface area contributed by atoms with Crippen LogP contribution in [-0.2, 0) is 51.4 Å². The lowest BCUT2D eigenvalue weighted by molar-refractivity contribution is 0.426. The molecular weight excluding hydrogens is 1040 g/mol. The zero-order chi connectivity index (χ0) is 53.7. The van der Waals surface area contributed by atoms with E-state index >= 15 is 0 Å². The number of rotatable bonds is 6. The first-order valence-corrected chi connectivity index (χ1v) is 29.8. The van der Waals surface area contributed by atoms with Crippen LogP contribution in [0.1, 0.15) is 70.2 Å². The highest BCUT2D eigenvalue weighted by Crippen LogP contribution is 2.48. The van der Waals surface area contributed by atoms with Gasteiger partial charge < -0.3 is 10.0 Å². The fourth-order valence-electron chi connectivity index (χ4n) is 14.0. The molecule has 0 bridgehead atoms. The van der Waals surface area contributed by atoms with Crippen LogP contribution in [0.4, 0.5) is 0 Å². The van der Waals surface area contributed by atoms with E-state index in [2.05, 4.69) is 192 Å². The van der Waals surface area contributed by atoms with Crippen molar-refractivity contribution in [3.8, 4) is 55.6 Å². The second-order valence-electron chi connectivity index (χ2n) is 22.5. The quantitative estimate of drug-likeness (QED) is 0.163. The van der Waals surface area contributed by atoms with Crippen molar-refractivity contribution in [2.75, 3.05) is 0 Å². The smallest absolute Gasteiger partial charge is 0.423 e. The summed E-state index contributed by atoms with van der Waals surface area (Å²) >= 11 is 3.88. The van der Waals surface area contributed by atoms with Gasteiger partial charge in [-0.15, -0.1) is 0 Å². The first-order valence-electron chi connectivity index (χ1n) is 29.0. The normalized spacial score (nSPS) is 13.8. The maximum absolute atomic E-state index is 8.94. The molecular formula is C76H62BBrO2. The van der Waals surface area contributed by atoms with E-state index in [1.54, 1.807) is 72.6 Å². The van der Waals surface area contributed by atoms with E-state index in [1.165, 1.54) is 153 Å². The van der Waals surface area contributed by atoms with Crippen LogP contribution >= 0.6 is 15.9 Å². The van der Waals surface area contributed by atoms with E-state index in [0.29, 0.717) is 5.46 Å². The van der Waals surface area contributed by atoms with Gasteiger partial charge in [-0.1, -0.05) is 210 Å². The maximum Gasteiger partial charge on any atom is 0.488 e. The molecule has 0 fully saturated rings. The van der Waals surface area contributed by atoms with Crippen LogP contribution in [0, 0.1) is 0 Å². The van der Waals surface area contributed by atoms with Crippen molar-refractivity contribution in [1.29, 1.82) is 0 Å². The van der Waals surface area contributed by atoms with Crippen molar-refractivity contribution >= 4 is 71.6 Å². The van der Waals surface area contributed by atoms with E-state index in [4.69, 9.17) is 10.0 Å². The number of hydrogen-bond acceptors (Lipinski definition) is 2. The largest absolute Gasteiger partial charge is 0.488 e. The molecule has 4 aliphatic rings. The van der Waals surface area contributed by atoms with Crippen molar-refractivity contribution in [1.82, 2.24) is 0 Å². The summed E-state index contributed by atoms with van der Waals surface area (Å²) in [5.74, 6) is 0. The summed E-state index contributed by atoms with van der Waals surface area (Å²) in [6.07, 6.45) is 14.4. The Morgan fingerprint density at radius 1 is 0.275 bits per heavy atom. The van der Waals surface area contributed by atoms with Gasteiger partial charge in [0.05, 0.1) is 0 Å². The highest BCUT2D eigenvalue weighted by molar-refractivity contribution is 9.10. The third kappa shape index (κ3) is 9.47. The fourth-order valence-corrected chi connectivity index (χ4v) is 14.7. The monoisotopic (exact) mass is 1100 g/mol. The van der Waals surface area contributed by atoms with Gasteiger partial charge in [-0.3, -0.25) is 0 Å². The number of fused-ring (bicyclic) bond motifs is 2. The van der Waals surface area contributed by atoms with E-state index < -0.39 is 7.12 Å². The lowest BCUT2D eigenvalue weighted by atomic mass is 9.75. The van der Waals surface area contributed by atoms with Gasteiger partial charge in [-0.25, -0.2) is 0 Å². The molecule has 0 radical (unpaired) electrons. The average molecular weight is 1100 g/mol. The van der Waals surface area contributed by atoms with Crippen LogP contribution in [-0.4, -0.2) is 17.2 Å². The lowest BCUT2D eigenvalue weighted by Gasteiger charge is -2.29. The highest BCUT2D eigenvalue weighted by atomic mass is 79.9. The average Bonchev–Trinajstić information content (AvgIpc) is 3.69. The first kappa shape index (κ1) is 50.4. The SMILES string of the molecule is Brc1cc2c3c(c(-c4cccc(-c5ccccc5)c4)cc4c3c1CCC4)CCC2.OB(O)c1ccc2ccccc2c1.c1ccc(-c2cccc(-c3cc4c5c(c(-c6ccc7ccccc7c6)cc6c5c3CCC6)CCC4)c2)cc1. The molecule has 0 saturated heterocycles. The standard InChI is InChI=1S/C38H30.C28H23Br.C10H9BO2/c1-2-9-25(10-3-1)28-13-6-14-29(21-28)35-23-31-15-8-18-34-36(24-32-16-7-17-33(35)37(32)38(31)34)30-20-19-26-11-4-5-12-27(26)22-30;29-26-17-22-12-5-13-23-25(16-21-11-6-14-24(26)28(21)27(22)23)20-10-4-9-19(15-20)18-7-2-1-3-8-18;12-11(13)10-6-5-8-3-1-2-4-9(8)7-10/h1-6,9-14,19-24H,7-8,15-18H2;1-4,7-10,15-17H,5-6,11-14H2;1-7,12-13H. The number of hydrogen-bond donors (Lipinski definition) is 2. The third-order valence-corrected chi connectivity index (χ3v) is 18.4. The van der Waals surface area contributed by atoms with Crippen LogP contribution in [0.5, 0.6) is 0 Å². The first-order chi connectivity index (χ1) is 39.4. The Balaban J connectivity index is 0.000000121. The lowest BCUT2D eigenvalue weighted by Crippen LogP contribution is -2.29. The van der Waals surface area contributed by atoms with Gasteiger partial charge in [0.25, 0.3) is 0 Å². The highest BCUT2D eigenvalue weighted by Gasteiger charge is 2.28. The summed E-state index contributed by atoms with van der Waals surface area (Å²) in [6.45, 7) is 0. The molecule has 0 amide bonds. The minimum Gasteiger partial charge on any atom is -0.423 e. The molecule has 0 atom stereocenters. The Hall–Kier alpha value is -7.86. The van der Waals surface area contributed by atoms with Crippen LogP contribution < -0.4 is 5.46 Å². The van der Waals surface area contributed by atoms with E-state index in [1.807, 2.05) is 30.3 Å². The molecule has 0 aromatic heterocycles. The Morgan fingerprint density at radius 2 is 0.637 bits per heavy atom. The number of aryl methyl sites for hydroxylation is 8. The molecule has 4 heteroatoms. The Bertz CT molecular complexity index is 4350. The van der Waals surface area contributed by atoms with Crippen LogP contribution in [0.3, 0.4) is 0 Å². The zero-order valence-corrected chi connectivity index (χ0v) is 46.7. The molecule has 0 unspecified atom stereocenters. The molecule has 2 N–H and O–H groups in total. The predicted molar refractivity (Wildman–Crippen MR) is 342 cm³/mol. The number of benzene rings is 12. The number of halogens is 1. The van der Waals surface area contributed by atoms with Gasteiger partial charge in [0, 0.05) is 4.47 Å². The van der Waals surface area contributed by atoms with Crippen molar-refractivity contribution < 1.29 is 10.0 Å². The van der Waals surface area contributed by atoms with Crippen LogP contribution in [0.15, 0.2) is 223 Å². The summed E-state index contributed by atoms with van der Waals surface area (Å²) in [4.78, 5) is 0. The molecule has 0 spiro atoms. The van der Waals surface area contributed by atoms with Crippen molar-refractivity contribution in [3.63, 3.8) is 0 Å².